The largest absolute Gasteiger partial charge is 0.355 e. The first kappa shape index (κ1) is 21.3. The van der Waals surface area contributed by atoms with E-state index in [0.717, 1.165) is 22.8 Å². The van der Waals surface area contributed by atoms with E-state index in [9.17, 15) is 4.79 Å². The summed E-state index contributed by atoms with van der Waals surface area (Å²) in [6, 6.07) is 16.5. The van der Waals surface area contributed by atoms with Gasteiger partial charge in [0.1, 0.15) is 5.82 Å². The van der Waals surface area contributed by atoms with Crippen molar-refractivity contribution >= 4 is 46.1 Å². The van der Waals surface area contributed by atoms with Crippen LogP contribution in [-0.2, 0) is 0 Å². The fourth-order valence-corrected chi connectivity index (χ4v) is 3.21. The lowest BCUT2D eigenvalue weighted by Crippen LogP contribution is -2.12. The number of amides is 1. The molecule has 0 aliphatic rings. The molecule has 0 atom stereocenters. The number of aromatic nitrogens is 3. The maximum atomic E-state index is 12.7. The first-order valence-electron chi connectivity index (χ1n) is 9.93. The zero-order chi connectivity index (χ0) is 22.5. The van der Waals surface area contributed by atoms with Crippen LogP contribution in [0.2, 0.25) is 5.02 Å². The van der Waals surface area contributed by atoms with Crippen LogP contribution >= 0.6 is 11.6 Å². The van der Waals surface area contributed by atoms with Gasteiger partial charge in [-0.05, 0) is 62.4 Å². The number of aryl methyl sites for hydroxylation is 2. The summed E-state index contributed by atoms with van der Waals surface area (Å²) in [5.41, 5.74) is 5.25. The molecular weight excluding hydrogens is 424 g/mol. The highest BCUT2D eigenvalue weighted by atomic mass is 35.5. The van der Waals surface area contributed by atoms with Gasteiger partial charge in [-0.15, -0.1) is 0 Å². The Hall–Kier alpha value is -3.97. The van der Waals surface area contributed by atoms with Crippen LogP contribution in [0, 0.1) is 13.8 Å². The second-order valence-electron chi connectivity index (χ2n) is 7.16. The third-order valence-corrected chi connectivity index (χ3v) is 5.13. The average Bonchev–Trinajstić information content (AvgIpc) is 2.78. The van der Waals surface area contributed by atoms with Crippen molar-refractivity contribution in [2.75, 3.05) is 16.0 Å². The minimum atomic E-state index is -0.251. The Morgan fingerprint density at radius 1 is 0.844 bits per heavy atom. The molecule has 0 saturated carbocycles. The van der Waals surface area contributed by atoms with Crippen molar-refractivity contribution < 1.29 is 4.79 Å². The SMILES string of the molecule is Cc1cc(Nc2cccc(NC(=O)c3ccc(Nc4ccnc(C)c4Cl)nc3)c2)ccn1. The summed E-state index contributed by atoms with van der Waals surface area (Å²) >= 11 is 6.26. The second kappa shape index (κ2) is 9.45. The Bertz CT molecular complexity index is 1260. The van der Waals surface area contributed by atoms with E-state index in [4.69, 9.17) is 11.6 Å². The highest BCUT2D eigenvalue weighted by molar-refractivity contribution is 6.33. The van der Waals surface area contributed by atoms with Gasteiger partial charge in [0.25, 0.3) is 5.91 Å². The number of nitrogens with one attached hydrogen (secondary N) is 3. The van der Waals surface area contributed by atoms with Gasteiger partial charge in [0.2, 0.25) is 0 Å². The number of nitrogens with zero attached hydrogens (tertiary/aromatic N) is 3. The third kappa shape index (κ3) is 5.19. The van der Waals surface area contributed by atoms with Gasteiger partial charge in [-0.2, -0.15) is 0 Å². The molecule has 3 heterocycles. The van der Waals surface area contributed by atoms with Crippen LogP contribution in [0.1, 0.15) is 21.7 Å². The Labute approximate surface area is 190 Å². The van der Waals surface area contributed by atoms with Gasteiger partial charge in [0.15, 0.2) is 0 Å². The molecule has 0 spiro atoms. The molecule has 3 N–H and O–H groups in total. The number of rotatable bonds is 6. The van der Waals surface area contributed by atoms with Gasteiger partial charge in [0.05, 0.1) is 22.0 Å². The first-order chi connectivity index (χ1) is 15.5. The number of pyridine rings is 3. The maximum absolute atomic E-state index is 12.7. The van der Waals surface area contributed by atoms with Crippen molar-refractivity contribution in [2.24, 2.45) is 0 Å². The summed E-state index contributed by atoms with van der Waals surface area (Å²) in [6.07, 6.45) is 4.93. The van der Waals surface area contributed by atoms with E-state index >= 15 is 0 Å². The monoisotopic (exact) mass is 444 g/mol. The molecule has 0 aliphatic carbocycles. The third-order valence-electron chi connectivity index (χ3n) is 4.66. The molecule has 0 aliphatic heterocycles. The highest BCUT2D eigenvalue weighted by Crippen LogP contribution is 2.26. The maximum Gasteiger partial charge on any atom is 0.257 e. The number of halogens is 1. The van der Waals surface area contributed by atoms with Crippen LogP contribution < -0.4 is 16.0 Å². The molecule has 160 valence electrons. The molecular formula is C24H21ClN6O. The van der Waals surface area contributed by atoms with Gasteiger partial charge in [-0.25, -0.2) is 4.98 Å². The fraction of sp³-hybridized carbons (Fsp3) is 0.0833. The van der Waals surface area contributed by atoms with Crippen molar-refractivity contribution in [3.05, 3.63) is 95.2 Å². The summed E-state index contributed by atoms with van der Waals surface area (Å²) < 4.78 is 0. The molecule has 3 aromatic heterocycles. The summed E-state index contributed by atoms with van der Waals surface area (Å²) in [7, 11) is 0. The number of anilines is 5. The minimum Gasteiger partial charge on any atom is -0.355 e. The molecule has 32 heavy (non-hydrogen) atoms. The van der Waals surface area contributed by atoms with Gasteiger partial charge in [-0.3, -0.25) is 14.8 Å². The quantitative estimate of drug-likeness (QED) is 0.344. The van der Waals surface area contributed by atoms with E-state index < -0.39 is 0 Å². The first-order valence-corrected chi connectivity index (χ1v) is 10.3. The van der Waals surface area contributed by atoms with E-state index in [2.05, 4.69) is 30.9 Å². The van der Waals surface area contributed by atoms with Crippen molar-refractivity contribution in [2.45, 2.75) is 13.8 Å². The molecule has 0 saturated heterocycles. The highest BCUT2D eigenvalue weighted by Gasteiger charge is 2.09. The number of carbonyl (C=O) groups is 1. The lowest BCUT2D eigenvalue weighted by atomic mass is 10.2. The normalized spacial score (nSPS) is 10.5. The van der Waals surface area contributed by atoms with Gasteiger partial charge in [0, 0.05) is 41.3 Å². The molecule has 8 heteroatoms. The van der Waals surface area contributed by atoms with E-state index in [1.807, 2.05) is 50.2 Å². The molecule has 7 nitrogen and oxygen atoms in total. The Morgan fingerprint density at radius 3 is 2.41 bits per heavy atom. The van der Waals surface area contributed by atoms with Crippen molar-refractivity contribution in [3.63, 3.8) is 0 Å². The predicted octanol–water partition coefficient (Wildman–Crippen LogP) is 5.88. The number of hydrogen-bond donors (Lipinski definition) is 3. The van der Waals surface area contributed by atoms with Gasteiger partial charge < -0.3 is 16.0 Å². The Balaban J connectivity index is 1.42. The second-order valence-corrected chi connectivity index (χ2v) is 7.54. The van der Waals surface area contributed by atoms with Crippen LogP contribution in [0.15, 0.2) is 73.2 Å². The van der Waals surface area contributed by atoms with E-state index in [0.29, 0.717) is 27.8 Å². The molecule has 4 aromatic rings. The van der Waals surface area contributed by atoms with E-state index in [-0.39, 0.29) is 5.91 Å². The van der Waals surface area contributed by atoms with Crippen LogP contribution in [0.5, 0.6) is 0 Å². The van der Waals surface area contributed by atoms with Crippen LogP contribution in [-0.4, -0.2) is 20.9 Å². The fourth-order valence-electron chi connectivity index (χ4n) is 3.05. The predicted molar refractivity (Wildman–Crippen MR) is 128 cm³/mol. The standard InChI is InChI=1S/C24H21ClN6O/c1-15-12-20(8-10-26-15)29-18-4-3-5-19(13-18)30-24(32)17-6-7-22(28-14-17)31-21-9-11-27-16(2)23(21)25/h3-14H,1-2H3,(H,26,29)(H,30,32)(H,27,28,31). The van der Waals surface area contributed by atoms with Crippen molar-refractivity contribution in [1.82, 2.24) is 15.0 Å². The zero-order valence-corrected chi connectivity index (χ0v) is 18.3. The molecule has 0 radical (unpaired) electrons. The molecule has 1 aromatic carbocycles. The van der Waals surface area contributed by atoms with Crippen molar-refractivity contribution in [3.8, 4) is 0 Å². The Kier molecular flexibility index (Phi) is 6.28. The van der Waals surface area contributed by atoms with E-state index in [1.54, 1.807) is 30.6 Å². The number of carbonyl (C=O) groups excluding carboxylic acids is 1. The van der Waals surface area contributed by atoms with Crippen LogP contribution in [0.3, 0.4) is 0 Å². The smallest absolute Gasteiger partial charge is 0.257 e. The lowest BCUT2D eigenvalue weighted by Gasteiger charge is -2.11. The van der Waals surface area contributed by atoms with Crippen LogP contribution in [0.25, 0.3) is 0 Å². The summed E-state index contributed by atoms with van der Waals surface area (Å²) in [6.45, 7) is 3.76. The minimum absolute atomic E-state index is 0.251. The van der Waals surface area contributed by atoms with E-state index in [1.165, 1.54) is 6.20 Å². The lowest BCUT2D eigenvalue weighted by molar-refractivity contribution is 0.102. The molecule has 4 rings (SSSR count). The topological polar surface area (TPSA) is 91.8 Å². The Morgan fingerprint density at radius 2 is 1.62 bits per heavy atom. The van der Waals surface area contributed by atoms with Gasteiger partial charge in [-0.1, -0.05) is 17.7 Å². The molecule has 0 fully saturated rings. The summed E-state index contributed by atoms with van der Waals surface area (Å²) in [4.78, 5) is 25.3. The molecule has 0 bridgehead atoms. The van der Waals surface area contributed by atoms with Crippen LogP contribution in [0.4, 0.5) is 28.6 Å². The average molecular weight is 445 g/mol. The zero-order valence-electron chi connectivity index (χ0n) is 17.6. The molecule has 0 unspecified atom stereocenters. The van der Waals surface area contributed by atoms with Crippen molar-refractivity contribution in [1.29, 1.82) is 0 Å². The number of benzene rings is 1. The summed E-state index contributed by atoms with van der Waals surface area (Å²) in [5, 5.41) is 9.88. The number of hydrogen-bond acceptors (Lipinski definition) is 6. The molecule has 1 amide bonds. The van der Waals surface area contributed by atoms with Gasteiger partial charge >= 0.3 is 0 Å². The summed E-state index contributed by atoms with van der Waals surface area (Å²) in [5.74, 6) is 0.326.